The second kappa shape index (κ2) is 3.22. The smallest absolute Gasteiger partial charge is 0.155 e. The highest BCUT2D eigenvalue weighted by atomic mass is 16.5. The van der Waals surface area contributed by atoms with Crippen LogP contribution in [0.2, 0.25) is 0 Å². The molecule has 0 bridgehead atoms. The van der Waals surface area contributed by atoms with Crippen LogP contribution in [-0.4, -0.2) is 27.1 Å². The van der Waals surface area contributed by atoms with E-state index in [1.165, 1.54) is 0 Å². The van der Waals surface area contributed by atoms with Crippen LogP contribution in [0.3, 0.4) is 0 Å². The van der Waals surface area contributed by atoms with E-state index in [0.29, 0.717) is 0 Å². The van der Waals surface area contributed by atoms with Crippen molar-refractivity contribution < 1.29 is 4.74 Å². The fraction of sp³-hybridized carbons (Fsp3) is 0.125. The minimum atomic E-state index is 0.721. The van der Waals surface area contributed by atoms with E-state index in [1.54, 1.807) is 30.4 Å². The maximum atomic E-state index is 4.98. The Balaban J connectivity index is 2.33. The predicted octanol–water partition coefficient (Wildman–Crippen LogP) is 0.671. The van der Waals surface area contributed by atoms with Crippen LogP contribution in [0.5, 0.6) is 5.75 Å². The Morgan fingerprint density at radius 2 is 2.31 bits per heavy atom. The molecule has 2 aromatic heterocycles. The van der Waals surface area contributed by atoms with E-state index in [-0.39, 0.29) is 0 Å². The van der Waals surface area contributed by atoms with Crippen molar-refractivity contribution in [2.24, 2.45) is 0 Å². The Morgan fingerprint density at radius 3 is 2.85 bits per heavy atom. The molecular weight excluding hydrogens is 168 g/mol. The molecule has 0 N–H and O–H groups in total. The fourth-order valence-electron chi connectivity index (χ4n) is 0.959. The summed E-state index contributed by atoms with van der Waals surface area (Å²) in [5.74, 6) is 1.45. The van der Waals surface area contributed by atoms with Crippen molar-refractivity contribution in [3.05, 3.63) is 30.7 Å². The zero-order valence-electron chi connectivity index (χ0n) is 7.08. The maximum absolute atomic E-state index is 4.98. The first kappa shape index (κ1) is 7.72. The maximum Gasteiger partial charge on any atom is 0.155 e. The molecule has 2 heterocycles. The van der Waals surface area contributed by atoms with Gasteiger partial charge in [-0.15, -0.1) is 5.10 Å². The summed E-state index contributed by atoms with van der Waals surface area (Å²) in [6.07, 6.45) is 4.97. The Bertz CT molecular complexity index is 368. The second-order valence-electron chi connectivity index (χ2n) is 2.40. The molecule has 0 unspecified atom stereocenters. The van der Waals surface area contributed by atoms with Crippen molar-refractivity contribution in [3.8, 4) is 11.6 Å². The molecule has 13 heavy (non-hydrogen) atoms. The molecule has 0 aromatic carbocycles. The zero-order chi connectivity index (χ0) is 9.10. The van der Waals surface area contributed by atoms with Crippen LogP contribution in [0.15, 0.2) is 30.7 Å². The minimum absolute atomic E-state index is 0.721. The lowest BCUT2D eigenvalue weighted by molar-refractivity contribution is 0.412. The summed E-state index contributed by atoms with van der Waals surface area (Å²) in [6.45, 7) is 0. The predicted molar refractivity (Wildman–Crippen MR) is 45.7 cm³/mol. The minimum Gasteiger partial charge on any atom is -0.495 e. The lowest BCUT2D eigenvalue weighted by atomic mass is 10.4. The fourth-order valence-corrected chi connectivity index (χ4v) is 0.959. The van der Waals surface area contributed by atoms with Gasteiger partial charge in [-0.25, -0.2) is 9.67 Å². The highest BCUT2D eigenvalue weighted by Crippen LogP contribution is 2.09. The van der Waals surface area contributed by atoms with Gasteiger partial charge >= 0.3 is 0 Å². The highest BCUT2D eigenvalue weighted by molar-refractivity contribution is 5.27. The highest BCUT2D eigenvalue weighted by Gasteiger charge is 1.97. The van der Waals surface area contributed by atoms with Gasteiger partial charge in [-0.1, -0.05) is 5.21 Å². The number of ether oxygens (including phenoxy) is 1. The van der Waals surface area contributed by atoms with Gasteiger partial charge in [0.05, 0.1) is 25.7 Å². The monoisotopic (exact) mass is 176 g/mol. The van der Waals surface area contributed by atoms with Crippen molar-refractivity contribution >= 4 is 0 Å². The van der Waals surface area contributed by atoms with Gasteiger partial charge in [0.2, 0.25) is 0 Å². The Kier molecular flexibility index (Phi) is 1.91. The van der Waals surface area contributed by atoms with E-state index in [4.69, 9.17) is 4.74 Å². The molecule has 0 aliphatic carbocycles. The van der Waals surface area contributed by atoms with Gasteiger partial charge < -0.3 is 4.74 Å². The van der Waals surface area contributed by atoms with E-state index in [2.05, 4.69) is 15.3 Å². The molecule has 0 saturated heterocycles. The first-order valence-corrected chi connectivity index (χ1v) is 3.77. The van der Waals surface area contributed by atoms with Crippen molar-refractivity contribution in [1.82, 2.24) is 20.0 Å². The first-order valence-electron chi connectivity index (χ1n) is 3.77. The first-order chi connectivity index (χ1) is 6.40. The average Bonchev–Trinajstić information content (AvgIpc) is 2.71. The van der Waals surface area contributed by atoms with E-state index < -0.39 is 0 Å². The van der Waals surface area contributed by atoms with Crippen molar-refractivity contribution in [3.63, 3.8) is 0 Å². The molecule has 0 aliphatic heterocycles. The summed E-state index contributed by atoms with van der Waals surface area (Å²) in [5, 5.41) is 7.49. The second-order valence-corrected chi connectivity index (χ2v) is 2.40. The van der Waals surface area contributed by atoms with E-state index in [0.717, 1.165) is 11.6 Å². The summed E-state index contributed by atoms with van der Waals surface area (Å²) >= 11 is 0. The molecule has 2 aromatic rings. The quantitative estimate of drug-likeness (QED) is 0.674. The van der Waals surface area contributed by atoms with Crippen LogP contribution in [0.25, 0.3) is 5.82 Å². The van der Waals surface area contributed by atoms with Gasteiger partial charge in [-0.2, -0.15) is 0 Å². The number of rotatable bonds is 2. The number of nitrogens with zero attached hydrogens (tertiary/aromatic N) is 4. The van der Waals surface area contributed by atoms with E-state index in [9.17, 15) is 0 Å². The largest absolute Gasteiger partial charge is 0.495 e. The third-order valence-electron chi connectivity index (χ3n) is 1.61. The number of pyridine rings is 1. The number of hydrogen-bond donors (Lipinski definition) is 0. The standard InChI is InChI=1S/C8H8N4O/c1-13-7-2-3-8(9-6-7)12-5-4-10-11-12/h2-6H,1H3. The summed E-state index contributed by atoms with van der Waals surface area (Å²) in [4.78, 5) is 4.13. The van der Waals surface area contributed by atoms with Gasteiger partial charge in [0.1, 0.15) is 5.75 Å². The van der Waals surface area contributed by atoms with E-state index >= 15 is 0 Å². The Hall–Kier alpha value is -1.91. The molecular formula is C8H8N4O. The third-order valence-corrected chi connectivity index (χ3v) is 1.61. The molecule has 66 valence electrons. The SMILES string of the molecule is COc1ccc(-n2ccnn2)nc1. The van der Waals surface area contributed by atoms with Gasteiger partial charge in [0.15, 0.2) is 5.82 Å². The van der Waals surface area contributed by atoms with Crippen LogP contribution in [-0.2, 0) is 0 Å². The van der Waals surface area contributed by atoms with Crippen molar-refractivity contribution in [2.45, 2.75) is 0 Å². The van der Waals surface area contributed by atoms with Crippen LogP contribution in [0.4, 0.5) is 0 Å². The summed E-state index contributed by atoms with van der Waals surface area (Å²) in [6, 6.07) is 3.64. The molecule has 0 radical (unpaired) electrons. The lowest BCUT2D eigenvalue weighted by Crippen LogP contribution is -1.98. The number of aromatic nitrogens is 4. The van der Waals surface area contributed by atoms with Gasteiger partial charge in [0, 0.05) is 0 Å². The lowest BCUT2D eigenvalue weighted by Gasteiger charge is -2.00. The summed E-state index contributed by atoms with van der Waals surface area (Å²) in [5.41, 5.74) is 0. The summed E-state index contributed by atoms with van der Waals surface area (Å²) < 4.78 is 6.56. The average molecular weight is 176 g/mol. The topological polar surface area (TPSA) is 52.8 Å². The van der Waals surface area contributed by atoms with Crippen LogP contribution in [0.1, 0.15) is 0 Å². The van der Waals surface area contributed by atoms with Crippen LogP contribution in [0, 0.1) is 0 Å². The van der Waals surface area contributed by atoms with Gasteiger partial charge in [0.25, 0.3) is 0 Å². The molecule has 0 atom stereocenters. The molecule has 5 nitrogen and oxygen atoms in total. The zero-order valence-corrected chi connectivity index (χ0v) is 7.08. The van der Waals surface area contributed by atoms with Crippen LogP contribution >= 0.6 is 0 Å². The third kappa shape index (κ3) is 1.48. The van der Waals surface area contributed by atoms with Gasteiger partial charge in [-0.3, -0.25) is 0 Å². The number of hydrogen-bond acceptors (Lipinski definition) is 4. The molecule has 0 amide bonds. The summed E-state index contributed by atoms with van der Waals surface area (Å²) in [7, 11) is 1.60. The normalized spacial score (nSPS) is 9.92. The van der Waals surface area contributed by atoms with Gasteiger partial charge in [-0.05, 0) is 12.1 Å². The molecule has 2 rings (SSSR count). The molecule has 0 fully saturated rings. The van der Waals surface area contributed by atoms with E-state index in [1.807, 2.05) is 12.1 Å². The van der Waals surface area contributed by atoms with Crippen molar-refractivity contribution in [1.29, 1.82) is 0 Å². The molecule has 5 heteroatoms. The van der Waals surface area contributed by atoms with Crippen molar-refractivity contribution in [2.75, 3.05) is 7.11 Å². The molecule has 0 saturated carbocycles. The Labute approximate surface area is 75.0 Å². The van der Waals surface area contributed by atoms with Crippen LogP contribution < -0.4 is 4.74 Å². The molecule has 0 spiro atoms. The number of methoxy groups -OCH3 is 1. The Morgan fingerprint density at radius 1 is 1.38 bits per heavy atom. The molecule has 0 aliphatic rings.